The molecule has 4 nitrogen and oxygen atoms in total. The van der Waals surface area contributed by atoms with Crippen LogP contribution >= 0.6 is 11.8 Å². The zero-order valence-corrected chi connectivity index (χ0v) is 13.4. The highest BCUT2D eigenvalue weighted by Crippen LogP contribution is 2.30. The van der Waals surface area contributed by atoms with Crippen molar-refractivity contribution in [2.75, 3.05) is 0 Å². The number of pyridine rings is 1. The van der Waals surface area contributed by atoms with E-state index in [2.05, 4.69) is 15.2 Å². The van der Waals surface area contributed by atoms with Crippen LogP contribution in [0.5, 0.6) is 0 Å². The van der Waals surface area contributed by atoms with E-state index >= 15 is 0 Å². The first-order valence-electron chi connectivity index (χ1n) is 6.84. The Kier molecular flexibility index (Phi) is 4.71. The molecule has 1 aromatic carbocycles. The molecule has 3 aromatic rings. The molecule has 0 amide bonds. The second-order valence-electron chi connectivity index (χ2n) is 4.94. The molecule has 0 aliphatic carbocycles. The molecule has 130 valence electrons. The number of hydrogen-bond donors (Lipinski definition) is 0. The number of nitrogens with zero attached hydrogens (tertiary/aromatic N) is 4. The molecular formula is C15H9F5N4S. The van der Waals surface area contributed by atoms with Gasteiger partial charge in [0.2, 0.25) is 5.82 Å². The number of thioether (sulfide) groups is 1. The molecule has 0 unspecified atom stereocenters. The highest BCUT2D eigenvalue weighted by atomic mass is 32.2. The third-order valence-corrected chi connectivity index (χ3v) is 4.45. The molecular weight excluding hydrogens is 363 g/mol. The Morgan fingerprint density at radius 3 is 2.20 bits per heavy atom. The van der Waals surface area contributed by atoms with Crippen LogP contribution in [0.4, 0.5) is 22.0 Å². The number of hydrogen-bond acceptors (Lipinski definition) is 4. The highest BCUT2D eigenvalue weighted by molar-refractivity contribution is 7.98. The average Bonchev–Trinajstić information content (AvgIpc) is 3.00. The van der Waals surface area contributed by atoms with Crippen molar-refractivity contribution in [1.29, 1.82) is 0 Å². The van der Waals surface area contributed by atoms with E-state index in [0.717, 1.165) is 11.8 Å². The van der Waals surface area contributed by atoms with Gasteiger partial charge in [-0.25, -0.2) is 22.0 Å². The van der Waals surface area contributed by atoms with Crippen LogP contribution in [0.1, 0.15) is 5.56 Å². The summed E-state index contributed by atoms with van der Waals surface area (Å²) in [5.74, 6) is -9.86. The summed E-state index contributed by atoms with van der Waals surface area (Å²) >= 11 is 0.800. The van der Waals surface area contributed by atoms with Gasteiger partial charge in [-0.05, 0) is 12.1 Å². The second-order valence-corrected chi connectivity index (χ2v) is 5.89. The van der Waals surface area contributed by atoms with Gasteiger partial charge in [-0.2, -0.15) is 0 Å². The lowest BCUT2D eigenvalue weighted by Gasteiger charge is -2.08. The van der Waals surface area contributed by atoms with Gasteiger partial charge in [0, 0.05) is 36.3 Å². The Hall–Kier alpha value is -2.49. The van der Waals surface area contributed by atoms with Crippen LogP contribution in [-0.4, -0.2) is 19.7 Å². The lowest BCUT2D eigenvalue weighted by atomic mass is 10.2. The Balaban J connectivity index is 1.88. The molecule has 0 fully saturated rings. The number of halogens is 5. The van der Waals surface area contributed by atoms with E-state index < -0.39 is 40.4 Å². The van der Waals surface area contributed by atoms with Crippen molar-refractivity contribution in [2.45, 2.75) is 10.9 Å². The summed E-state index contributed by atoms with van der Waals surface area (Å²) in [6.07, 6.45) is 3.14. The Morgan fingerprint density at radius 1 is 0.960 bits per heavy atom. The Bertz CT molecular complexity index is 900. The normalized spacial score (nSPS) is 11.1. The summed E-state index contributed by atoms with van der Waals surface area (Å²) in [4.78, 5) is 3.95. The van der Waals surface area contributed by atoms with Gasteiger partial charge in [-0.1, -0.05) is 11.8 Å². The van der Waals surface area contributed by atoms with Crippen LogP contribution in [0.3, 0.4) is 0 Å². The summed E-state index contributed by atoms with van der Waals surface area (Å²) in [5.41, 5.74) is -0.243. The average molecular weight is 372 g/mol. The van der Waals surface area contributed by atoms with E-state index in [1.807, 2.05) is 0 Å². The molecule has 3 rings (SSSR count). The monoisotopic (exact) mass is 372 g/mol. The minimum absolute atomic E-state index is 0.253. The van der Waals surface area contributed by atoms with Crippen molar-refractivity contribution < 1.29 is 22.0 Å². The van der Waals surface area contributed by atoms with Crippen molar-refractivity contribution in [3.05, 3.63) is 59.2 Å². The van der Waals surface area contributed by atoms with Crippen LogP contribution < -0.4 is 0 Å². The molecule has 0 atom stereocenters. The topological polar surface area (TPSA) is 43.6 Å². The SMILES string of the molecule is Cn1c(SCc2c(F)c(F)c(F)c(F)c2F)nnc1-c1cccnc1. The quantitative estimate of drug-likeness (QED) is 0.302. The summed E-state index contributed by atoms with van der Waals surface area (Å²) in [5, 5.41) is 8.07. The second kappa shape index (κ2) is 6.79. The molecule has 0 N–H and O–H groups in total. The first kappa shape index (κ1) is 17.3. The predicted molar refractivity (Wildman–Crippen MR) is 80.0 cm³/mol. The zero-order chi connectivity index (χ0) is 18.1. The minimum atomic E-state index is -2.18. The fraction of sp³-hybridized carbons (Fsp3) is 0.133. The maximum atomic E-state index is 13.7. The Labute approximate surface area is 142 Å². The third kappa shape index (κ3) is 3.09. The standard InChI is InChI=1S/C15H9F5N4S/c1-24-14(7-3-2-4-21-5-7)22-23-15(24)25-6-8-9(16)11(18)13(20)12(19)10(8)17/h2-5H,6H2,1H3. The van der Waals surface area contributed by atoms with Gasteiger partial charge in [0.05, 0.1) is 0 Å². The molecule has 10 heteroatoms. The van der Waals surface area contributed by atoms with Gasteiger partial charge in [-0.3, -0.25) is 4.98 Å². The van der Waals surface area contributed by atoms with Crippen molar-refractivity contribution in [3.8, 4) is 11.4 Å². The molecule has 0 bridgehead atoms. The minimum Gasteiger partial charge on any atom is -0.305 e. The molecule has 0 aliphatic rings. The van der Waals surface area contributed by atoms with Crippen LogP contribution in [0.25, 0.3) is 11.4 Å². The van der Waals surface area contributed by atoms with Crippen molar-refractivity contribution in [3.63, 3.8) is 0 Å². The first-order valence-corrected chi connectivity index (χ1v) is 7.83. The maximum Gasteiger partial charge on any atom is 0.200 e. The summed E-state index contributed by atoms with van der Waals surface area (Å²) < 4.78 is 68.4. The van der Waals surface area contributed by atoms with Crippen molar-refractivity contribution in [1.82, 2.24) is 19.7 Å². The van der Waals surface area contributed by atoms with Gasteiger partial charge < -0.3 is 4.57 Å². The molecule has 0 saturated heterocycles. The molecule has 0 saturated carbocycles. The lowest BCUT2D eigenvalue weighted by molar-refractivity contribution is 0.372. The van der Waals surface area contributed by atoms with E-state index in [0.29, 0.717) is 11.4 Å². The maximum absolute atomic E-state index is 13.7. The van der Waals surface area contributed by atoms with Crippen molar-refractivity contribution >= 4 is 11.8 Å². The van der Waals surface area contributed by atoms with Crippen LogP contribution in [0.15, 0.2) is 29.7 Å². The predicted octanol–water partition coefficient (Wildman–Crippen LogP) is 3.86. The van der Waals surface area contributed by atoms with Gasteiger partial charge in [0.1, 0.15) is 0 Å². The van der Waals surface area contributed by atoms with Gasteiger partial charge in [0.25, 0.3) is 0 Å². The fourth-order valence-electron chi connectivity index (χ4n) is 2.10. The summed E-state index contributed by atoms with van der Waals surface area (Å²) in [6, 6.07) is 3.45. The van der Waals surface area contributed by atoms with Crippen LogP contribution in [-0.2, 0) is 12.8 Å². The molecule has 2 aromatic heterocycles. The first-order chi connectivity index (χ1) is 11.9. The molecule has 0 spiro atoms. The van der Waals surface area contributed by atoms with E-state index in [9.17, 15) is 22.0 Å². The Morgan fingerprint density at radius 2 is 1.60 bits per heavy atom. The number of rotatable bonds is 4. The highest BCUT2D eigenvalue weighted by Gasteiger charge is 2.26. The lowest BCUT2D eigenvalue weighted by Crippen LogP contribution is -2.06. The van der Waals surface area contributed by atoms with E-state index in [4.69, 9.17) is 0 Å². The number of aromatic nitrogens is 4. The molecule has 0 aliphatic heterocycles. The van der Waals surface area contributed by atoms with E-state index in [1.54, 1.807) is 31.6 Å². The zero-order valence-electron chi connectivity index (χ0n) is 12.6. The molecule has 0 radical (unpaired) electrons. The van der Waals surface area contributed by atoms with E-state index in [1.165, 1.54) is 4.57 Å². The largest absolute Gasteiger partial charge is 0.305 e. The summed E-state index contributed by atoms with van der Waals surface area (Å²) in [7, 11) is 1.61. The van der Waals surface area contributed by atoms with Gasteiger partial charge in [0.15, 0.2) is 34.2 Å². The molecule has 2 heterocycles. The fourth-order valence-corrected chi connectivity index (χ4v) is 3.01. The third-order valence-electron chi connectivity index (χ3n) is 3.40. The van der Waals surface area contributed by atoms with Crippen LogP contribution in [0.2, 0.25) is 0 Å². The number of benzene rings is 1. The van der Waals surface area contributed by atoms with Gasteiger partial charge >= 0.3 is 0 Å². The summed E-state index contributed by atoms with van der Waals surface area (Å²) in [6.45, 7) is 0. The van der Waals surface area contributed by atoms with Crippen LogP contribution in [0, 0.1) is 29.1 Å². The van der Waals surface area contributed by atoms with E-state index in [-0.39, 0.29) is 5.16 Å². The van der Waals surface area contributed by atoms with Crippen molar-refractivity contribution in [2.24, 2.45) is 7.05 Å². The smallest absolute Gasteiger partial charge is 0.200 e. The molecule has 25 heavy (non-hydrogen) atoms. The van der Waals surface area contributed by atoms with Gasteiger partial charge in [-0.15, -0.1) is 10.2 Å².